The molecule has 0 spiro atoms. The fraction of sp³-hybridized carbons (Fsp3) is 0.400. The number of fused-ring (bicyclic) bond motifs is 1. The summed E-state index contributed by atoms with van der Waals surface area (Å²) in [5, 5.41) is 0.606. The Bertz CT molecular complexity index is 600. The molecule has 2 saturated carbocycles. The van der Waals surface area contributed by atoms with Crippen LogP contribution in [0.5, 0.6) is 0 Å². The van der Waals surface area contributed by atoms with Gasteiger partial charge in [-0.2, -0.15) is 0 Å². The molecule has 1 aliphatic heterocycles. The molecule has 20 heavy (non-hydrogen) atoms. The van der Waals surface area contributed by atoms with E-state index in [1.807, 2.05) is 0 Å². The van der Waals surface area contributed by atoms with Crippen LogP contribution in [0.4, 0.5) is 0 Å². The summed E-state index contributed by atoms with van der Waals surface area (Å²) >= 11 is 0. The monoisotopic (exact) mass is 271 g/mol. The number of hydrogen-bond donors (Lipinski definition) is 0. The van der Waals surface area contributed by atoms with Crippen LogP contribution in [0.2, 0.25) is 0 Å². The van der Waals surface area contributed by atoms with Crippen molar-refractivity contribution < 1.29 is 19.2 Å². The van der Waals surface area contributed by atoms with Gasteiger partial charge in [-0.05, 0) is 43.2 Å². The molecule has 5 nitrogen and oxygen atoms in total. The van der Waals surface area contributed by atoms with E-state index in [4.69, 9.17) is 4.84 Å². The number of rotatable bonds is 3. The topological polar surface area (TPSA) is 63.7 Å². The molecule has 2 amide bonds. The normalized spacial score (nSPS) is 27.5. The SMILES string of the molecule is O=C(ON1C(=O)c2ccccc2C1=O)[C@@H]1C[C@H]1C1CC1. The summed E-state index contributed by atoms with van der Waals surface area (Å²) in [6, 6.07) is 6.49. The molecule has 0 unspecified atom stereocenters. The van der Waals surface area contributed by atoms with E-state index in [0.717, 1.165) is 6.42 Å². The Morgan fingerprint density at radius 1 is 1.10 bits per heavy atom. The third kappa shape index (κ3) is 1.66. The lowest BCUT2D eigenvalue weighted by Gasteiger charge is -2.12. The maximum absolute atomic E-state index is 12.0. The van der Waals surface area contributed by atoms with E-state index < -0.39 is 17.8 Å². The van der Waals surface area contributed by atoms with E-state index in [1.54, 1.807) is 24.3 Å². The van der Waals surface area contributed by atoms with Crippen LogP contribution in [0.1, 0.15) is 40.0 Å². The first-order chi connectivity index (χ1) is 9.66. The van der Waals surface area contributed by atoms with E-state index in [2.05, 4.69) is 0 Å². The van der Waals surface area contributed by atoms with Gasteiger partial charge in [0.1, 0.15) is 0 Å². The van der Waals surface area contributed by atoms with E-state index in [0.29, 0.717) is 28.0 Å². The first-order valence-corrected chi connectivity index (χ1v) is 6.86. The minimum absolute atomic E-state index is 0.133. The van der Waals surface area contributed by atoms with Crippen molar-refractivity contribution in [3.8, 4) is 0 Å². The quantitative estimate of drug-likeness (QED) is 0.786. The van der Waals surface area contributed by atoms with Gasteiger partial charge in [0.15, 0.2) is 0 Å². The zero-order valence-corrected chi connectivity index (χ0v) is 10.7. The summed E-state index contributed by atoms with van der Waals surface area (Å²) < 4.78 is 0. The molecule has 102 valence electrons. The number of imide groups is 1. The summed E-state index contributed by atoms with van der Waals surface area (Å²) in [4.78, 5) is 41.1. The molecule has 2 aliphatic carbocycles. The summed E-state index contributed by atoms with van der Waals surface area (Å²) in [5.41, 5.74) is 0.583. The van der Waals surface area contributed by atoms with E-state index in [9.17, 15) is 14.4 Å². The van der Waals surface area contributed by atoms with Gasteiger partial charge in [0.25, 0.3) is 11.8 Å². The first-order valence-electron chi connectivity index (χ1n) is 6.86. The lowest BCUT2D eigenvalue weighted by molar-refractivity contribution is -0.170. The highest BCUT2D eigenvalue weighted by Gasteiger charge is 2.53. The summed E-state index contributed by atoms with van der Waals surface area (Å²) in [5.74, 6) is -0.638. The Morgan fingerprint density at radius 3 is 2.25 bits per heavy atom. The van der Waals surface area contributed by atoms with Gasteiger partial charge in [-0.3, -0.25) is 9.59 Å². The van der Waals surface area contributed by atoms with Crippen LogP contribution in [0.25, 0.3) is 0 Å². The standard InChI is InChI=1S/C15H13NO4/c17-13-9-3-1-2-4-10(9)14(18)16(13)20-15(19)12-7-11(12)8-5-6-8/h1-4,8,11-12H,5-7H2/t11-,12+/m0/s1. The molecule has 4 rings (SSSR count). The van der Waals surface area contributed by atoms with Crippen molar-refractivity contribution in [3.63, 3.8) is 0 Å². The molecule has 1 aromatic carbocycles. The van der Waals surface area contributed by atoms with Crippen LogP contribution in [0.3, 0.4) is 0 Å². The van der Waals surface area contributed by atoms with Gasteiger partial charge in [-0.15, -0.1) is 0 Å². The van der Waals surface area contributed by atoms with E-state index in [-0.39, 0.29) is 5.92 Å². The second-order valence-corrected chi connectivity index (χ2v) is 5.70. The number of carbonyl (C=O) groups is 3. The third-order valence-corrected chi connectivity index (χ3v) is 4.31. The minimum atomic E-state index is -0.553. The predicted molar refractivity (Wildman–Crippen MR) is 67.4 cm³/mol. The van der Waals surface area contributed by atoms with Crippen LogP contribution in [0.15, 0.2) is 24.3 Å². The van der Waals surface area contributed by atoms with Gasteiger partial charge >= 0.3 is 5.97 Å². The Morgan fingerprint density at radius 2 is 1.70 bits per heavy atom. The average Bonchev–Trinajstić information content (AvgIpc) is 3.33. The zero-order valence-electron chi connectivity index (χ0n) is 10.7. The number of hydroxylamine groups is 2. The van der Waals surface area contributed by atoms with Crippen LogP contribution >= 0.6 is 0 Å². The number of nitrogens with zero attached hydrogens (tertiary/aromatic N) is 1. The molecule has 0 saturated heterocycles. The van der Waals surface area contributed by atoms with Crippen molar-refractivity contribution in [2.24, 2.45) is 17.8 Å². The Kier molecular flexibility index (Phi) is 2.28. The van der Waals surface area contributed by atoms with Gasteiger partial charge in [0, 0.05) is 0 Å². The van der Waals surface area contributed by atoms with Crippen LogP contribution in [-0.4, -0.2) is 22.8 Å². The van der Waals surface area contributed by atoms with Crippen molar-refractivity contribution in [1.29, 1.82) is 0 Å². The fourth-order valence-corrected chi connectivity index (χ4v) is 2.94. The highest BCUT2D eigenvalue weighted by Crippen LogP contribution is 2.54. The van der Waals surface area contributed by atoms with E-state index >= 15 is 0 Å². The smallest absolute Gasteiger partial charge is 0.329 e. The number of amides is 2. The highest BCUT2D eigenvalue weighted by molar-refractivity contribution is 6.20. The van der Waals surface area contributed by atoms with Crippen molar-refractivity contribution in [1.82, 2.24) is 5.06 Å². The Balaban J connectivity index is 1.49. The number of carbonyl (C=O) groups excluding carboxylic acids is 3. The maximum atomic E-state index is 12.0. The largest absolute Gasteiger partial charge is 0.336 e. The predicted octanol–water partition coefficient (Wildman–Crippen LogP) is 1.79. The summed E-state index contributed by atoms with van der Waals surface area (Å²) in [7, 11) is 0. The van der Waals surface area contributed by atoms with Crippen molar-refractivity contribution in [2.45, 2.75) is 19.3 Å². The highest BCUT2D eigenvalue weighted by atomic mass is 16.7. The average molecular weight is 271 g/mol. The van der Waals surface area contributed by atoms with Crippen molar-refractivity contribution >= 4 is 17.8 Å². The fourth-order valence-electron chi connectivity index (χ4n) is 2.94. The molecule has 1 aromatic rings. The molecule has 2 fully saturated rings. The van der Waals surface area contributed by atoms with Crippen molar-refractivity contribution in [3.05, 3.63) is 35.4 Å². The van der Waals surface area contributed by atoms with Gasteiger partial charge in [0.2, 0.25) is 0 Å². The second kappa shape index (κ2) is 3.91. The Hall–Kier alpha value is -2.17. The molecular formula is C15H13NO4. The molecule has 1 heterocycles. The van der Waals surface area contributed by atoms with Gasteiger partial charge in [-0.1, -0.05) is 17.2 Å². The van der Waals surface area contributed by atoms with Gasteiger partial charge in [0.05, 0.1) is 17.0 Å². The van der Waals surface area contributed by atoms with E-state index in [1.165, 1.54) is 12.8 Å². The molecule has 5 heteroatoms. The van der Waals surface area contributed by atoms with Crippen molar-refractivity contribution in [2.75, 3.05) is 0 Å². The zero-order chi connectivity index (χ0) is 13.9. The summed E-state index contributed by atoms with van der Waals surface area (Å²) in [6.45, 7) is 0. The lowest BCUT2D eigenvalue weighted by atomic mass is 10.1. The molecule has 3 aliphatic rings. The van der Waals surface area contributed by atoms with Crippen LogP contribution in [-0.2, 0) is 9.63 Å². The Labute approximate surface area is 115 Å². The lowest BCUT2D eigenvalue weighted by Crippen LogP contribution is -2.33. The third-order valence-electron chi connectivity index (χ3n) is 4.31. The van der Waals surface area contributed by atoms with Gasteiger partial charge in [-0.25, -0.2) is 4.79 Å². The molecule has 0 bridgehead atoms. The maximum Gasteiger partial charge on any atom is 0.336 e. The van der Waals surface area contributed by atoms with Gasteiger partial charge < -0.3 is 4.84 Å². The number of benzene rings is 1. The molecule has 0 aromatic heterocycles. The second-order valence-electron chi connectivity index (χ2n) is 5.70. The van der Waals surface area contributed by atoms with Crippen LogP contribution in [0, 0.1) is 17.8 Å². The minimum Gasteiger partial charge on any atom is -0.329 e. The first kappa shape index (κ1) is 11.6. The summed E-state index contributed by atoms with van der Waals surface area (Å²) in [6.07, 6.45) is 3.19. The molecule has 0 radical (unpaired) electrons. The molecular weight excluding hydrogens is 258 g/mol. The number of hydrogen-bond acceptors (Lipinski definition) is 4. The molecule has 0 N–H and O–H groups in total. The van der Waals surface area contributed by atoms with Crippen LogP contribution < -0.4 is 0 Å². The molecule has 2 atom stereocenters.